The molecule has 5 aliphatic rings. The lowest BCUT2D eigenvalue weighted by Gasteiger charge is -2.53. The summed E-state index contributed by atoms with van der Waals surface area (Å²) in [5.74, 6) is 4.44. The monoisotopic (exact) mass is 369 g/mol. The molecule has 1 aromatic heterocycles. The zero-order valence-corrected chi connectivity index (χ0v) is 16.4. The minimum atomic E-state index is 0.215. The molecule has 4 aliphatic carbocycles. The molecule has 1 N–H and O–H groups in total. The number of hydrogen-bond acceptors (Lipinski definition) is 4. The van der Waals surface area contributed by atoms with Gasteiger partial charge in [-0.05, 0) is 81.8 Å². The smallest absolute Gasteiger partial charge is 0.228 e. The molecule has 4 bridgehead atoms. The van der Waals surface area contributed by atoms with Crippen molar-refractivity contribution in [3.05, 3.63) is 18.3 Å². The number of carbonyl (C=O) groups excluding carboxylic acids is 1. The summed E-state index contributed by atoms with van der Waals surface area (Å²) in [4.78, 5) is 19.9. The molecule has 2 unspecified atom stereocenters. The van der Waals surface area contributed by atoms with Crippen molar-refractivity contribution >= 4 is 17.4 Å². The largest absolute Gasteiger partial charge is 0.372 e. The Balaban J connectivity index is 1.24. The molecular weight excluding hydrogens is 338 g/mol. The van der Waals surface area contributed by atoms with Crippen LogP contribution in [0.1, 0.15) is 46.0 Å². The molecule has 5 fully saturated rings. The normalized spacial score (nSPS) is 40.2. The van der Waals surface area contributed by atoms with Crippen molar-refractivity contribution in [1.29, 1.82) is 0 Å². The first-order valence-corrected chi connectivity index (χ1v) is 10.7. The number of anilines is 2. The van der Waals surface area contributed by atoms with Crippen LogP contribution in [-0.4, -0.2) is 36.2 Å². The van der Waals surface area contributed by atoms with E-state index in [9.17, 15) is 4.79 Å². The van der Waals surface area contributed by atoms with E-state index in [1.807, 2.05) is 18.3 Å². The summed E-state index contributed by atoms with van der Waals surface area (Å²) >= 11 is 0. The van der Waals surface area contributed by atoms with Crippen molar-refractivity contribution in [2.75, 3.05) is 23.3 Å². The lowest BCUT2D eigenvalue weighted by atomic mass is 9.51. The Morgan fingerprint density at radius 1 is 1.04 bits per heavy atom. The number of rotatable bonds is 3. The van der Waals surface area contributed by atoms with E-state index in [1.165, 1.54) is 32.1 Å². The molecular formula is C22H31N3O2. The second kappa shape index (κ2) is 6.77. The molecule has 5 nitrogen and oxygen atoms in total. The predicted molar refractivity (Wildman–Crippen MR) is 106 cm³/mol. The summed E-state index contributed by atoms with van der Waals surface area (Å²) in [5.41, 5.74) is 0.826. The topological polar surface area (TPSA) is 54.5 Å². The van der Waals surface area contributed by atoms with Crippen molar-refractivity contribution in [3.8, 4) is 0 Å². The van der Waals surface area contributed by atoms with Gasteiger partial charge in [0, 0.05) is 19.0 Å². The quantitative estimate of drug-likeness (QED) is 0.883. The number of nitrogens with one attached hydrogen (secondary N) is 1. The highest BCUT2D eigenvalue weighted by Crippen LogP contribution is 2.56. The van der Waals surface area contributed by atoms with Gasteiger partial charge >= 0.3 is 0 Å². The van der Waals surface area contributed by atoms with Gasteiger partial charge in [-0.15, -0.1) is 0 Å². The Kier molecular flexibility index (Phi) is 4.38. The van der Waals surface area contributed by atoms with Gasteiger partial charge in [0.2, 0.25) is 5.91 Å². The molecule has 2 atom stereocenters. The van der Waals surface area contributed by atoms with E-state index >= 15 is 0 Å². The number of hydrogen-bond donors (Lipinski definition) is 1. The van der Waals surface area contributed by atoms with E-state index in [-0.39, 0.29) is 24.0 Å². The van der Waals surface area contributed by atoms with Gasteiger partial charge in [0.15, 0.2) is 0 Å². The van der Waals surface area contributed by atoms with Crippen molar-refractivity contribution < 1.29 is 9.53 Å². The Bertz CT molecular complexity index is 666. The SMILES string of the molecule is CC1CN(c2ccc(NC(=O)C3C4CC5CC(C4)CC3C5)cn2)CC(C)O1. The van der Waals surface area contributed by atoms with E-state index < -0.39 is 0 Å². The number of morpholine rings is 1. The molecule has 1 aliphatic heterocycles. The Hall–Kier alpha value is -1.62. The summed E-state index contributed by atoms with van der Waals surface area (Å²) in [5, 5.41) is 3.17. The van der Waals surface area contributed by atoms with Crippen LogP contribution in [0.2, 0.25) is 0 Å². The maximum Gasteiger partial charge on any atom is 0.228 e. The van der Waals surface area contributed by atoms with Crippen LogP contribution in [0.5, 0.6) is 0 Å². The van der Waals surface area contributed by atoms with Gasteiger partial charge in [0.05, 0.1) is 24.1 Å². The number of nitrogens with zero attached hydrogens (tertiary/aromatic N) is 2. The first kappa shape index (κ1) is 17.5. The van der Waals surface area contributed by atoms with Crippen molar-refractivity contribution in [2.24, 2.45) is 29.6 Å². The van der Waals surface area contributed by atoms with Crippen molar-refractivity contribution in [1.82, 2.24) is 4.98 Å². The third-order valence-electron chi connectivity index (χ3n) is 7.29. The Morgan fingerprint density at radius 3 is 2.22 bits per heavy atom. The summed E-state index contributed by atoms with van der Waals surface area (Å²) in [6, 6.07) is 4.03. The van der Waals surface area contributed by atoms with Gasteiger partial charge in [-0.1, -0.05) is 0 Å². The molecule has 146 valence electrons. The number of aromatic nitrogens is 1. The molecule has 0 radical (unpaired) electrons. The third-order valence-corrected chi connectivity index (χ3v) is 7.29. The number of amides is 1. The number of pyridine rings is 1. The van der Waals surface area contributed by atoms with Crippen LogP contribution in [-0.2, 0) is 9.53 Å². The Morgan fingerprint density at radius 2 is 1.67 bits per heavy atom. The van der Waals surface area contributed by atoms with E-state index in [2.05, 4.69) is 29.0 Å². The van der Waals surface area contributed by atoms with Crippen LogP contribution in [0.15, 0.2) is 18.3 Å². The second-order valence-electron chi connectivity index (χ2n) is 9.51. The fraction of sp³-hybridized carbons (Fsp3) is 0.727. The fourth-order valence-corrected chi connectivity index (χ4v) is 6.59. The predicted octanol–water partition coefficient (Wildman–Crippen LogP) is 3.71. The minimum absolute atomic E-state index is 0.215. The van der Waals surface area contributed by atoms with Gasteiger partial charge in [0.1, 0.15) is 5.82 Å². The molecule has 1 amide bonds. The summed E-state index contributed by atoms with van der Waals surface area (Å²) in [7, 11) is 0. The molecule has 1 saturated heterocycles. The van der Waals surface area contributed by atoms with Crippen molar-refractivity contribution in [2.45, 2.75) is 58.2 Å². The molecule has 0 spiro atoms. The number of ether oxygens (including phenoxy) is 1. The summed E-state index contributed by atoms with van der Waals surface area (Å²) in [6.07, 6.45) is 8.76. The van der Waals surface area contributed by atoms with Crippen LogP contribution < -0.4 is 10.2 Å². The standard InChI is InChI=1S/C22H31N3O2/c1-13-11-25(12-14(2)27-13)20-4-3-19(10-23-20)24-22(26)21-17-6-15-5-16(8-17)9-18(21)7-15/h3-4,10,13-18,21H,5-9,11-12H2,1-2H3,(H,24,26). The van der Waals surface area contributed by atoms with Gasteiger partial charge in [-0.3, -0.25) is 4.79 Å². The highest BCUT2D eigenvalue weighted by atomic mass is 16.5. The lowest BCUT2D eigenvalue weighted by Crippen LogP contribution is -2.49. The fourth-order valence-electron chi connectivity index (χ4n) is 6.59. The van der Waals surface area contributed by atoms with Gasteiger partial charge in [-0.25, -0.2) is 4.98 Å². The van der Waals surface area contributed by atoms with Crippen LogP contribution in [0.3, 0.4) is 0 Å². The summed E-state index contributed by atoms with van der Waals surface area (Å²) < 4.78 is 5.80. The molecule has 1 aromatic rings. The Labute approximate surface area is 161 Å². The first-order chi connectivity index (χ1) is 13.0. The zero-order chi connectivity index (χ0) is 18.5. The van der Waals surface area contributed by atoms with E-state index in [4.69, 9.17) is 4.74 Å². The maximum atomic E-state index is 13.0. The van der Waals surface area contributed by atoms with E-state index in [0.29, 0.717) is 11.8 Å². The van der Waals surface area contributed by atoms with E-state index in [1.54, 1.807) is 0 Å². The molecule has 0 aromatic carbocycles. The highest BCUT2D eigenvalue weighted by molar-refractivity contribution is 5.93. The minimum Gasteiger partial charge on any atom is -0.372 e. The molecule has 4 saturated carbocycles. The number of carbonyl (C=O) groups is 1. The lowest BCUT2D eigenvalue weighted by molar-refractivity contribution is -0.132. The van der Waals surface area contributed by atoms with E-state index in [0.717, 1.165) is 36.4 Å². The molecule has 5 heteroatoms. The average molecular weight is 370 g/mol. The van der Waals surface area contributed by atoms with Crippen LogP contribution in [0, 0.1) is 29.6 Å². The summed E-state index contributed by atoms with van der Waals surface area (Å²) in [6.45, 7) is 5.91. The highest BCUT2D eigenvalue weighted by Gasteiger charge is 2.50. The molecule has 27 heavy (non-hydrogen) atoms. The van der Waals surface area contributed by atoms with Gasteiger partial charge in [-0.2, -0.15) is 0 Å². The average Bonchev–Trinajstić information content (AvgIpc) is 2.60. The third kappa shape index (κ3) is 3.35. The first-order valence-electron chi connectivity index (χ1n) is 10.7. The van der Waals surface area contributed by atoms with Crippen molar-refractivity contribution in [3.63, 3.8) is 0 Å². The zero-order valence-electron chi connectivity index (χ0n) is 16.4. The van der Waals surface area contributed by atoms with Crippen LogP contribution >= 0.6 is 0 Å². The van der Waals surface area contributed by atoms with Gasteiger partial charge < -0.3 is 15.0 Å². The maximum absolute atomic E-state index is 13.0. The van der Waals surface area contributed by atoms with Crippen LogP contribution in [0.25, 0.3) is 0 Å². The van der Waals surface area contributed by atoms with Crippen LogP contribution in [0.4, 0.5) is 11.5 Å². The second-order valence-corrected chi connectivity index (χ2v) is 9.51. The van der Waals surface area contributed by atoms with Gasteiger partial charge in [0.25, 0.3) is 0 Å². The molecule has 6 rings (SSSR count). The molecule has 2 heterocycles.